The number of hydrogen-bond acceptors (Lipinski definition) is 5. The Hall–Kier alpha value is -1.18. The molecule has 3 N–H and O–H groups in total. The predicted octanol–water partition coefficient (Wildman–Crippen LogP) is 1.55. The lowest BCUT2D eigenvalue weighted by molar-refractivity contribution is -0.929. The van der Waals surface area contributed by atoms with E-state index >= 15 is 0 Å². The van der Waals surface area contributed by atoms with E-state index in [4.69, 9.17) is 15.3 Å². The molecule has 7 heteroatoms. The Balaban J connectivity index is 0. The molecule has 0 aromatic rings. The van der Waals surface area contributed by atoms with Crippen molar-refractivity contribution in [3.05, 3.63) is 0 Å². The number of carbonyl (C=O) groups is 2. The Labute approximate surface area is 164 Å². The maximum Gasteiger partial charge on any atom is 0.335 e. The number of unbranched alkanes of at least 4 members (excludes halogenated alkanes) is 4. The van der Waals surface area contributed by atoms with E-state index in [2.05, 4.69) is 27.7 Å². The molecule has 162 valence electrons. The first-order valence-electron chi connectivity index (χ1n) is 10.4. The summed E-state index contributed by atoms with van der Waals surface area (Å²) in [5, 5.41) is 34.1. The van der Waals surface area contributed by atoms with Crippen molar-refractivity contribution >= 4 is 11.9 Å². The van der Waals surface area contributed by atoms with Gasteiger partial charge >= 0.3 is 5.97 Å². The number of nitrogens with zero attached hydrogens (tertiary/aromatic N) is 1. The first kappa shape index (κ1) is 28.0. The molecule has 0 aliphatic rings. The van der Waals surface area contributed by atoms with Crippen LogP contribution in [0.3, 0.4) is 0 Å². The van der Waals surface area contributed by atoms with E-state index in [1.807, 2.05) is 0 Å². The maximum atomic E-state index is 9.74. The van der Waals surface area contributed by atoms with Crippen molar-refractivity contribution in [1.82, 2.24) is 0 Å². The second-order valence-electron chi connectivity index (χ2n) is 7.20. The van der Waals surface area contributed by atoms with Crippen molar-refractivity contribution in [3.63, 3.8) is 0 Å². The average molecular weight is 392 g/mol. The zero-order valence-electron chi connectivity index (χ0n) is 17.7. The summed E-state index contributed by atoms with van der Waals surface area (Å²) in [7, 11) is 0. The molecule has 0 saturated carbocycles. The standard InChI is InChI=1S/C16H36N.C4H6O6/c1-5-9-13-17(14-10-6-2,15-11-7-3)16-12-8-4;5-1(3(7)8)2(6)4(9)10/h5-16H2,1-4H3;1-2,5-6H,(H,7,8)(H,9,10)/q+1;/p-1. The Bertz CT molecular complexity index is 333. The Morgan fingerprint density at radius 1 is 0.741 bits per heavy atom. The topological polar surface area (TPSA) is 118 Å². The van der Waals surface area contributed by atoms with Gasteiger partial charge in [-0.15, -0.1) is 0 Å². The molecule has 0 aromatic heterocycles. The number of rotatable bonds is 15. The smallest absolute Gasteiger partial charge is 0.335 e. The van der Waals surface area contributed by atoms with Crippen LogP contribution in [-0.2, 0) is 9.59 Å². The quantitative estimate of drug-likeness (QED) is 0.365. The summed E-state index contributed by atoms with van der Waals surface area (Å²) in [6, 6.07) is 0. The lowest BCUT2D eigenvalue weighted by Crippen LogP contribution is -2.50. The molecule has 0 saturated heterocycles. The molecule has 2 atom stereocenters. The van der Waals surface area contributed by atoms with Gasteiger partial charge in [0.25, 0.3) is 0 Å². The van der Waals surface area contributed by atoms with Gasteiger partial charge in [-0.3, -0.25) is 0 Å². The highest BCUT2D eigenvalue weighted by molar-refractivity contribution is 5.82. The third-order valence-corrected chi connectivity index (χ3v) is 4.74. The second-order valence-corrected chi connectivity index (χ2v) is 7.20. The van der Waals surface area contributed by atoms with E-state index in [-0.39, 0.29) is 0 Å². The molecule has 0 amide bonds. The summed E-state index contributed by atoms with van der Waals surface area (Å²) >= 11 is 0. The summed E-state index contributed by atoms with van der Waals surface area (Å²) < 4.78 is 1.42. The number of aliphatic carboxylic acids is 2. The molecule has 0 aliphatic carbocycles. The highest BCUT2D eigenvalue weighted by Gasteiger charge is 2.25. The van der Waals surface area contributed by atoms with E-state index in [0.29, 0.717) is 0 Å². The minimum absolute atomic E-state index is 1.35. The Kier molecular flexibility index (Phi) is 17.6. The van der Waals surface area contributed by atoms with E-state index in [0.717, 1.165) is 0 Å². The van der Waals surface area contributed by atoms with Gasteiger partial charge in [0.15, 0.2) is 6.10 Å². The largest absolute Gasteiger partial charge is 0.547 e. The number of carboxylic acids is 2. The fraction of sp³-hybridized carbons (Fsp3) is 0.900. The van der Waals surface area contributed by atoms with Crippen LogP contribution in [-0.4, -0.2) is 70.1 Å². The number of aliphatic hydroxyl groups excluding tert-OH is 2. The van der Waals surface area contributed by atoms with Crippen LogP contribution in [0.2, 0.25) is 0 Å². The van der Waals surface area contributed by atoms with E-state index in [1.54, 1.807) is 0 Å². The van der Waals surface area contributed by atoms with Crippen molar-refractivity contribution in [2.75, 3.05) is 26.2 Å². The van der Waals surface area contributed by atoms with Crippen LogP contribution in [0.4, 0.5) is 0 Å². The molecule has 0 rings (SSSR count). The van der Waals surface area contributed by atoms with Gasteiger partial charge in [0.2, 0.25) is 0 Å². The summed E-state index contributed by atoms with van der Waals surface area (Å²) in [6.07, 6.45) is 6.36. The molecular formula is C20H41NO6. The first-order chi connectivity index (χ1) is 12.7. The van der Waals surface area contributed by atoms with Crippen LogP contribution in [0.1, 0.15) is 79.1 Å². The summed E-state index contributed by atoms with van der Waals surface area (Å²) in [6.45, 7) is 15.0. The van der Waals surface area contributed by atoms with Crippen molar-refractivity contribution in [2.24, 2.45) is 0 Å². The minimum atomic E-state index is -2.38. The zero-order valence-corrected chi connectivity index (χ0v) is 17.7. The van der Waals surface area contributed by atoms with Crippen molar-refractivity contribution in [1.29, 1.82) is 0 Å². The van der Waals surface area contributed by atoms with Gasteiger partial charge in [0.05, 0.1) is 32.1 Å². The summed E-state index contributed by atoms with van der Waals surface area (Å²) in [5.41, 5.74) is 0. The van der Waals surface area contributed by atoms with Gasteiger partial charge in [-0.1, -0.05) is 53.4 Å². The SMILES string of the molecule is CCCC[N+](CCCC)(CCCC)CCCC.O=C([O-])C(O)C(O)C(=O)O. The van der Waals surface area contributed by atoms with E-state index in [1.165, 1.54) is 82.0 Å². The lowest BCUT2D eigenvalue weighted by atomic mass is 10.1. The molecule has 0 heterocycles. The van der Waals surface area contributed by atoms with Crippen LogP contribution in [0.5, 0.6) is 0 Å². The van der Waals surface area contributed by atoms with Crippen molar-refractivity contribution in [2.45, 2.75) is 91.3 Å². The van der Waals surface area contributed by atoms with Gasteiger partial charge in [0, 0.05) is 0 Å². The molecule has 7 nitrogen and oxygen atoms in total. The summed E-state index contributed by atoms with van der Waals surface area (Å²) in [5.74, 6) is -3.83. The molecule has 0 aromatic carbocycles. The Morgan fingerprint density at radius 2 is 1.04 bits per heavy atom. The number of hydrogen-bond donors (Lipinski definition) is 3. The molecule has 2 unspecified atom stereocenters. The van der Waals surface area contributed by atoms with Crippen LogP contribution in [0.15, 0.2) is 0 Å². The number of carboxylic acid groups (broad SMARTS) is 2. The van der Waals surface area contributed by atoms with Crippen LogP contribution in [0.25, 0.3) is 0 Å². The zero-order chi connectivity index (χ0) is 21.3. The van der Waals surface area contributed by atoms with Gasteiger partial charge in [0.1, 0.15) is 6.10 Å². The normalized spacial score (nSPS) is 13.4. The number of quaternary nitrogens is 1. The highest BCUT2D eigenvalue weighted by Crippen LogP contribution is 2.16. The lowest BCUT2D eigenvalue weighted by Gasteiger charge is -2.39. The van der Waals surface area contributed by atoms with E-state index < -0.39 is 24.1 Å². The molecule has 27 heavy (non-hydrogen) atoms. The number of carbonyl (C=O) groups excluding carboxylic acids is 1. The molecule has 0 aliphatic heterocycles. The van der Waals surface area contributed by atoms with Gasteiger partial charge in [-0.2, -0.15) is 0 Å². The molecular weight excluding hydrogens is 350 g/mol. The minimum Gasteiger partial charge on any atom is -0.547 e. The number of aliphatic hydroxyl groups is 2. The van der Waals surface area contributed by atoms with Crippen LogP contribution in [0, 0.1) is 0 Å². The molecule has 0 radical (unpaired) electrons. The average Bonchev–Trinajstić information content (AvgIpc) is 2.66. The van der Waals surface area contributed by atoms with Crippen LogP contribution >= 0.6 is 0 Å². The Morgan fingerprint density at radius 3 is 1.19 bits per heavy atom. The summed E-state index contributed by atoms with van der Waals surface area (Å²) in [4.78, 5) is 19.4. The highest BCUT2D eigenvalue weighted by atomic mass is 16.4. The van der Waals surface area contributed by atoms with Gasteiger partial charge in [-0.05, 0) is 25.7 Å². The van der Waals surface area contributed by atoms with Crippen molar-refractivity contribution in [3.8, 4) is 0 Å². The second kappa shape index (κ2) is 17.0. The molecule has 0 fully saturated rings. The van der Waals surface area contributed by atoms with Crippen LogP contribution < -0.4 is 5.11 Å². The third-order valence-electron chi connectivity index (χ3n) is 4.74. The van der Waals surface area contributed by atoms with Crippen molar-refractivity contribution < 1.29 is 34.5 Å². The maximum absolute atomic E-state index is 9.74. The third kappa shape index (κ3) is 13.6. The van der Waals surface area contributed by atoms with Gasteiger partial charge < -0.3 is 29.7 Å². The monoisotopic (exact) mass is 391 g/mol. The fourth-order valence-electron chi connectivity index (χ4n) is 2.91. The molecule has 0 bridgehead atoms. The molecule has 0 spiro atoms. The first-order valence-corrected chi connectivity index (χ1v) is 10.4. The van der Waals surface area contributed by atoms with E-state index in [9.17, 15) is 14.7 Å². The fourth-order valence-corrected chi connectivity index (χ4v) is 2.91. The predicted molar refractivity (Wildman–Crippen MR) is 104 cm³/mol. The van der Waals surface area contributed by atoms with Gasteiger partial charge in [-0.25, -0.2) is 4.79 Å².